The first-order chi connectivity index (χ1) is 22.1. The molecule has 0 atom stereocenters. The Labute approximate surface area is 275 Å². The van der Waals surface area contributed by atoms with Gasteiger partial charge in [-0.15, -0.1) is 0 Å². The van der Waals surface area contributed by atoms with E-state index < -0.39 is 0 Å². The summed E-state index contributed by atoms with van der Waals surface area (Å²) >= 11 is 7.10. The lowest BCUT2D eigenvalue weighted by molar-refractivity contribution is -0.0329. The Hall–Kier alpha value is -3.67. The molecule has 2 N–H and O–H groups in total. The first-order valence-corrected chi connectivity index (χ1v) is 15.8. The third-order valence-electron chi connectivity index (χ3n) is 9.12. The Morgan fingerprint density at radius 3 is 1.63 bits per heavy atom. The zero-order chi connectivity index (χ0) is 32.6. The fourth-order valence-corrected chi connectivity index (χ4v) is 6.98. The fourth-order valence-electron chi connectivity index (χ4n) is 6.65. The number of aliphatic hydroxyl groups is 2. The normalized spacial score (nSPS) is 17.3. The summed E-state index contributed by atoms with van der Waals surface area (Å²) in [5.41, 5.74) is 7.27. The largest absolute Gasteiger partial charge is 0.480 e. The van der Waals surface area contributed by atoms with Crippen LogP contribution in [-0.4, -0.2) is 93.6 Å². The summed E-state index contributed by atoms with van der Waals surface area (Å²) in [6.45, 7) is 11.0. The van der Waals surface area contributed by atoms with Gasteiger partial charge in [0, 0.05) is 66.8 Å². The van der Waals surface area contributed by atoms with Crippen LogP contribution in [0.15, 0.2) is 48.8 Å². The molecule has 4 heterocycles. The van der Waals surface area contributed by atoms with Crippen molar-refractivity contribution in [3.8, 4) is 45.4 Å². The van der Waals surface area contributed by atoms with Crippen LogP contribution >= 0.6 is 11.6 Å². The molecule has 0 aliphatic carbocycles. The molecule has 0 amide bonds. The van der Waals surface area contributed by atoms with Gasteiger partial charge in [0.25, 0.3) is 0 Å². The third-order valence-corrected chi connectivity index (χ3v) is 9.52. The van der Waals surface area contributed by atoms with Gasteiger partial charge in [0.05, 0.1) is 56.2 Å². The minimum absolute atomic E-state index is 0.0586. The average molecular weight is 645 g/mol. The van der Waals surface area contributed by atoms with E-state index in [1.165, 1.54) is 0 Å². The van der Waals surface area contributed by atoms with E-state index in [4.69, 9.17) is 41.0 Å². The lowest BCUT2D eigenvalue weighted by Crippen LogP contribution is -2.55. The monoisotopic (exact) mass is 644 g/mol. The van der Waals surface area contributed by atoms with Crippen LogP contribution in [0.1, 0.15) is 30.8 Å². The van der Waals surface area contributed by atoms with Gasteiger partial charge in [-0.2, -0.15) is 0 Å². The molecule has 2 saturated heterocycles. The number of likely N-dealkylation sites (tertiary alicyclic amines) is 2. The second kappa shape index (κ2) is 12.8. The molecule has 0 radical (unpaired) electrons. The average Bonchev–Trinajstić information content (AvgIpc) is 3.04. The van der Waals surface area contributed by atoms with Crippen molar-refractivity contribution in [2.24, 2.45) is 10.8 Å². The summed E-state index contributed by atoms with van der Waals surface area (Å²) in [7, 11) is 3.21. The molecule has 0 unspecified atom stereocenters. The number of aliphatic hydroxyl groups excluding tert-OH is 2. The number of rotatable bonds is 11. The zero-order valence-electron chi connectivity index (χ0n) is 27.0. The van der Waals surface area contributed by atoms with E-state index in [9.17, 15) is 10.2 Å². The smallest absolute Gasteiger partial charge is 0.237 e. The summed E-state index contributed by atoms with van der Waals surface area (Å²) in [5, 5.41) is 19.8. The number of halogens is 1. The maximum atomic E-state index is 9.59. The van der Waals surface area contributed by atoms with Gasteiger partial charge in [0.1, 0.15) is 11.4 Å². The van der Waals surface area contributed by atoms with Crippen LogP contribution in [0, 0.1) is 17.8 Å². The molecule has 0 saturated carbocycles. The number of ether oxygens (including phenoxy) is 2. The van der Waals surface area contributed by atoms with Gasteiger partial charge in [-0.05, 0) is 18.1 Å². The van der Waals surface area contributed by atoms with E-state index >= 15 is 0 Å². The maximum absolute atomic E-state index is 9.59. The molecule has 4 aromatic rings. The van der Waals surface area contributed by atoms with Gasteiger partial charge in [-0.25, -0.2) is 9.97 Å². The summed E-state index contributed by atoms with van der Waals surface area (Å²) in [5.74, 6) is 0.953. The van der Waals surface area contributed by atoms with Crippen molar-refractivity contribution in [3.63, 3.8) is 0 Å². The third kappa shape index (κ3) is 6.20. The van der Waals surface area contributed by atoms with E-state index in [0.29, 0.717) is 41.3 Å². The Bertz CT molecular complexity index is 1610. The second-order valence-corrected chi connectivity index (χ2v) is 13.7. The molecule has 46 heavy (non-hydrogen) atoms. The number of methoxy groups -OCH3 is 2. The number of nitrogens with zero attached hydrogens (tertiary/aromatic N) is 6. The Kier molecular flexibility index (Phi) is 9.02. The highest BCUT2D eigenvalue weighted by molar-refractivity contribution is 6.36. The molecule has 2 aliphatic heterocycles. The highest BCUT2D eigenvalue weighted by Crippen LogP contribution is 2.40. The number of aromatic nitrogens is 4. The van der Waals surface area contributed by atoms with E-state index in [2.05, 4.69) is 30.6 Å². The summed E-state index contributed by atoms with van der Waals surface area (Å²) in [6.07, 6.45) is 3.53. The summed E-state index contributed by atoms with van der Waals surface area (Å²) in [4.78, 5) is 23.5. The molecule has 11 heteroatoms. The van der Waals surface area contributed by atoms with E-state index in [-0.39, 0.29) is 24.0 Å². The summed E-state index contributed by atoms with van der Waals surface area (Å²) in [6, 6.07) is 12.0. The van der Waals surface area contributed by atoms with Crippen molar-refractivity contribution in [2.75, 3.05) is 53.6 Å². The molecule has 0 bridgehead atoms. The molecule has 2 aromatic heterocycles. The zero-order valence-corrected chi connectivity index (χ0v) is 27.8. The standard InChI is InChI=1S/C35H41ClN6O4/c1-22-23(8-6-9-24(22)27-12-37-29(32(39-27)45-4)14-41-16-34(2,17-41)20-43)25-10-7-11-26(31(25)36)28-13-38-30(33(40-28)46-5)15-42-18-35(3,19-42)21-44/h6-13,43-44H,14-21H2,1-5H3. The quantitative estimate of drug-likeness (QED) is 0.234. The molecule has 242 valence electrons. The SMILES string of the molecule is COc1nc(-c2cccc(-c3cccc(-c4cnc(CN5CC(C)(CO)C5)c(OC)n4)c3Cl)c2C)cnc1CN1CC(C)(CO)C1. The number of hydrogen-bond donors (Lipinski definition) is 2. The predicted octanol–water partition coefficient (Wildman–Crippen LogP) is 4.88. The maximum Gasteiger partial charge on any atom is 0.237 e. The molecule has 6 rings (SSSR count). The molecule has 2 fully saturated rings. The summed E-state index contributed by atoms with van der Waals surface area (Å²) < 4.78 is 11.3. The van der Waals surface area contributed by atoms with Gasteiger partial charge in [0.15, 0.2) is 0 Å². The molecule has 2 aromatic carbocycles. The van der Waals surface area contributed by atoms with Gasteiger partial charge < -0.3 is 19.7 Å². The first-order valence-electron chi connectivity index (χ1n) is 15.4. The van der Waals surface area contributed by atoms with Gasteiger partial charge >= 0.3 is 0 Å². The van der Waals surface area contributed by atoms with Crippen LogP contribution in [0.5, 0.6) is 11.8 Å². The molecule has 0 spiro atoms. The van der Waals surface area contributed by atoms with Crippen LogP contribution < -0.4 is 9.47 Å². The van der Waals surface area contributed by atoms with Crippen LogP contribution in [-0.2, 0) is 13.1 Å². The Morgan fingerprint density at radius 2 is 1.15 bits per heavy atom. The predicted molar refractivity (Wildman–Crippen MR) is 178 cm³/mol. The minimum atomic E-state index is -0.0652. The van der Waals surface area contributed by atoms with Gasteiger partial charge in [-0.3, -0.25) is 19.8 Å². The van der Waals surface area contributed by atoms with Crippen LogP contribution in [0.25, 0.3) is 33.6 Å². The lowest BCUT2D eigenvalue weighted by atomic mass is 9.83. The number of hydrogen-bond acceptors (Lipinski definition) is 10. The Balaban J connectivity index is 1.26. The van der Waals surface area contributed by atoms with E-state index in [1.54, 1.807) is 26.6 Å². The van der Waals surface area contributed by atoms with Crippen molar-refractivity contribution in [1.82, 2.24) is 29.7 Å². The van der Waals surface area contributed by atoms with Crippen molar-refractivity contribution < 1.29 is 19.7 Å². The van der Waals surface area contributed by atoms with Crippen molar-refractivity contribution >= 4 is 11.6 Å². The number of benzene rings is 2. The van der Waals surface area contributed by atoms with Gasteiger partial charge in [-0.1, -0.05) is 61.8 Å². The topological polar surface area (TPSA) is 117 Å². The highest BCUT2D eigenvalue weighted by atomic mass is 35.5. The van der Waals surface area contributed by atoms with Crippen molar-refractivity contribution in [2.45, 2.75) is 33.9 Å². The fraction of sp³-hybridized carbons (Fsp3) is 0.429. The van der Waals surface area contributed by atoms with E-state index in [1.807, 2.05) is 36.4 Å². The first kappa shape index (κ1) is 32.3. The molecule has 2 aliphatic rings. The van der Waals surface area contributed by atoms with Crippen molar-refractivity contribution in [3.05, 3.63) is 70.8 Å². The molecule has 10 nitrogen and oxygen atoms in total. The van der Waals surface area contributed by atoms with Crippen molar-refractivity contribution in [1.29, 1.82) is 0 Å². The van der Waals surface area contributed by atoms with Crippen LogP contribution in [0.4, 0.5) is 0 Å². The molecular weight excluding hydrogens is 604 g/mol. The molecular formula is C35H41ClN6O4. The van der Waals surface area contributed by atoms with E-state index in [0.717, 1.165) is 65.4 Å². The van der Waals surface area contributed by atoms with Crippen LogP contribution in [0.3, 0.4) is 0 Å². The lowest BCUT2D eigenvalue weighted by Gasteiger charge is -2.46. The van der Waals surface area contributed by atoms with Gasteiger partial charge in [0.2, 0.25) is 11.8 Å². The Morgan fingerprint density at radius 1 is 0.717 bits per heavy atom. The van der Waals surface area contributed by atoms with Crippen LogP contribution in [0.2, 0.25) is 5.02 Å². The second-order valence-electron chi connectivity index (χ2n) is 13.3. The minimum Gasteiger partial charge on any atom is -0.480 e. The highest BCUT2D eigenvalue weighted by Gasteiger charge is 2.39.